The Morgan fingerprint density at radius 3 is 2.67 bits per heavy atom. The van der Waals surface area contributed by atoms with Gasteiger partial charge in [-0.15, -0.1) is 6.58 Å². The van der Waals surface area contributed by atoms with Gasteiger partial charge in [-0.1, -0.05) is 24.3 Å². The van der Waals surface area contributed by atoms with E-state index in [9.17, 15) is 9.18 Å². The van der Waals surface area contributed by atoms with Crippen molar-refractivity contribution in [1.29, 1.82) is 0 Å². The van der Waals surface area contributed by atoms with Crippen LogP contribution < -0.4 is 5.32 Å². The third-order valence-electron chi connectivity index (χ3n) is 3.15. The van der Waals surface area contributed by atoms with Crippen LogP contribution in [0.25, 0.3) is 0 Å². The topological polar surface area (TPSA) is 42.0 Å². The molecule has 1 aromatic heterocycles. The van der Waals surface area contributed by atoms with Gasteiger partial charge in [-0.3, -0.25) is 9.78 Å². The average Bonchev–Trinajstić information content (AvgIpc) is 2.52. The highest BCUT2D eigenvalue weighted by molar-refractivity contribution is 5.84. The summed E-state index contributed by atoms with van der Waals surface area (Å²) in [5.41, 5.74) is 1.59. The zero-order valence-corrected chi connectivity index (χ0v) is 11.6. The molecular weight excluding hydrogens is 267 g/mol. The van der Waals surface area contributed by atoms with Crippen molar-refractivity contribution in [2.75, 3.05) is 6.54 Å². The number of amides is 1. The van der Waals surface area contributed by atoms with Crippen LogP contribution in [-0.4, -0.2) is 17.4 Å². The van der Waals surface area contributed by atoms with E-state index in [-0.39, 0.29) is 11.7 Å². The van der Waals surface area contributed by atoms with Gasteiger partial charge in [0.1, 0.15) is 5.82 Å². The zero-order valence-electron chi connectivity index (χ0n) is 11.6. The molecule has 1 amide bonds. The summed E-state index contributed by atoms with van der Waals surface area (Å²) < 4.78 is 13.1. The molecule has 0 saturated heterocycles. The maximum absolute atomic E-state index is 13.1. The van der Waals surface area contributed by atoms with Crippen molar-refractivity contribution in [1.82, 2.24) is 10.3 Å². The first-order valence-corrected chi connectivity index (χ1v) is 6.74. The molecule has 0 aliphatic rings. The minimum absolute atomic E-state index is 0.118. The Labute approximate surface area is 123 Å². The van der Waals surface area contributed by atoms with E-state index in [4.69, 9.17) is 0 Å². The molecule has 1 atom stereocenters. The first kappa shape index (κ1) is 14.9. The Morgan fingerprint density at radius 1 is 1.29 bits per heavy atom. The predicted octanol–water partition coefficient (Wildman–Crippen LogP) is 2.85. The Bertz CT molecular complexity index is 596. The number of carbonyl (C=O) groups is 1. The van der Waals surface area contributed by atoms with Crippen LogP contribution in [0.4, 0.5) is 4.39 Å². The van der Waals surface area contributed by atoms with Crippen molar-refractivity contribution in [3.05, 3.63) is 78.4 Å². The van der Waals surface area contributed by atoms with Crippen LogP contribution in [0.3, 0.4) is 0 Å². The van der Waals surface area contributed by atoms with Gasteiger partial charge in [-0.05, 0) is 29.8 Å². The second-order valence-corrected chi connectivity index (χ2v) is 4.66. The van der Waals surface area contributed by atoms with E-state index in [1.54, 1.807) is 24.4 Å². The molecule has 108 valence electrons. The Balaban J connectivity index is 2.23. The summed E-state index contributed by atoms with van der Waals surface area (Å²) in [5.74, 6) is -0.838. The number of pyridine rings is 1. The van der Waals surface area contributed by atoms with Gasteiger partial charge in [0.2, 0.25) is 5.91 Å². The molecule has 3 nitrogen and oxygen atoms in total. The van der Waals surface area contributed by atoms with E-state index in [0.717, 1.165) is 11.3 Å². The first-order valence-electron chi connectivity index (χ1n) is 6.74. The van der Waals surface area contributed by atoms with E-state index in [0.29, 0.717) is 13.0 Å². The summed E-state index contributed by atoms with van der Waals surface area (Å²) >= 11 is 0. The number of halogens is 1. The van der Waals surface area contributed by atoms with Crippen LogP contribution in [0.1, 0.15) is 17.2 Å². The van der Waals surface area contributed by atoms with Crippen molar-refractivity contribution < 1.29 is 9.18 Å². The number of hydrogen-bond donors (Lipinski definition) is 1. The molecule has 0 spiro atoms. The summed E-state index contributed by atoms with van der Waals surface area (Å²) in [7, 11) is 0. The lowest BCUT2D eigenvalue weighted by Crippen LogP contribution is -2.30. The molecule has 0 aliphatic heterocycles. The number of aromatic nitrogens is 1. The number of nitrogens with zero attached hydrogens (tertiary/aromatic N) is 1. The summed E-state index contributed by atoms with van der Waals surface area (Å²) in [6.45, 7) is 3.99. The summed E-state index contributed by atoms with van der Waals surface area (Å²) in [5, 5.41) is 2.79. The molecule has 0 fully saturated rings. The highest BCUT2D eigenvalue weighted by Gasteiger charge is 2.21. The van der Waals surface area contributed by atoms with Crippen LogP contribution in [0.5, 0.6) is 0 Å². The normalized spacial score (nSPS) is 11.7. The number of benzene rings is 1. The highest BCUT2D eigenvalue weighted by Crippen LogP contribution is 2.21. The molecule has 1 N–H and O–H groups in total. The van der Waals surface area contributed by atoms with Crippen molar-refractivity contribution in [3.8, 4) is 0 Å². The van der Waals surface area contributed by atoms with E-state index in [2.05, 4.69) is 16.9 Å². The summed E-state index contributed by atoms with van der Waals surface area (Å²) in [6.07, 6.45) is 3.79. The lowest BCUT2D eigenvalue weighted by molar-refractivity contribution is -0.122. The molecule has 2 rings (SSSR count). The Kier molecular flexibility index (Phi) is 5.21. The number of nitrogens with one attached hydrogen (secondary N) is 1. The van der Waals surface area contributed by atoms with Crippen molar-refractivity contribution in [2.24, 2.45) is 0 Å². The first-order chi connectivity index (χ1) is 10.2. The third-order valence-corrected chi connectivity index (χ3v) is 3.15. The standard InChI is InChI=1S/C17H17FN2O/c1-2-10-20-17(21)16(12-15-5-3-4-11-19-15)13-6-8-14(18)9-7-13/h2-9,11,16H,1,10,12H2,(H,20,21). The molecular formula is C17H17FN2O. The van der Waals surface area contributed by atoms with Gasteiger partial charge in [0.25, 0.3) is 0 Å². The van der Waals surface area contributed by atoms with E-state index in [1.807, 2.05) is 18.2 Å². The monoisotopic (exact) mass is 284 g/mol. The van der Waals surface area contributed by atoms with E-state index in [1.165, 1.54) is 12.1 Å². The van der Waals surface area contributed by atoms with Gasteiger partial charge in [0, 0.05) is 24.9 Å². The Morgan fingerprint density at radius 2 is 2.05 bits per heavy atom. The summed E-state index contributed by atoms with van der Waals surface area (Å²) in [6, 6.07) is 11.6. The van der Waals surface area contributed by atoms with Gasteiger partial charge in [-0.25, -0.2) is 4.39 Å². The maximum Gasteiger partial charge on any atom is 0.228 e. The number of rotatable bonds is 6. The fourth-order valence-electron chi connectivity index (χ4n) is 2.08. The van der Waals surface area contributed by atoms with Crippen LogP contribution in [0, 0.1) is 5.82 Å². The molecule has 0 bridgehead atoms. The van der Waals surface area contributed by atoms with Crippen molar-refractivity contribution in [2.45, 2.75) is 12.3 Å². The zero-order chi connectivity index (χ0) is 15.1. The van der Waals surface area contributed by atoms with Gasteiger partial charge in [-0.2, -0.15) is 0 Å². The van der Waals surface area contributed by atoms with E-state index >= 15 is 0 Å². The van der Waals surface area contributed by atoms with Crippen LogP contribution in [0.15, 0.2) is 61.3 Å². The van der Waals surface area contributed by atoms with Crippen LogP contribution in [-0.2, 0) is 11.2 Å². The smallest absolute Gasteiger partial charge is 0.228 e. The lowest BCUT2D eigenvalue weighted by atomic mass is 9.93. The number of carbonyl (C=O) groups excluding carboxylic acids is 1. The fraction of sp³-hybridized carbons (Fsp3) is 0.176. The summed E-state index contributed by atoms with van der Waals surface area (Å²) in [4.78, 5) is 16.6. The molecule has 2 aromatic rings. The van der Waals surface area contributed by atoms with E-state index < -0.39 is 5.92 Å². The van der Waals surface area contributed by atoms with Gasteiger partial charge in [0.15, 0.2) is 0 Å². The average molecular weight is 284 g/mol. The molecule has 0 radical (unpaired) electrons. The van der Waals surface area contributed by atoms with Crippen LogP contribution >= 0.6 is 0 Å². The lowest BCUT2D eigenvalue weighted by Gasteiger charge is -2.16. The second-order valence-electron chi connectivity index (χ2n) is 4.66. The third kappa shape index (κ3) is 4.24. The minimum atomic E-state index is -0.402. The molecule has 0 aliphatic carbocycles. The largest absolute Gasteiger partial charge is 0.352 e. The van der Waals surface area contributed by atoms with Gasteiger partial charge < -0.3 is 5.32 Å². The predicted molar refractivity (Wildman–Crippen MR) is 80.3 cm³/mol. The van der Waals surface area contributed by atoms with Gasteiger partial charge >= 0.3 is 0 Å². The number of hydrogen-bond acceptors (Lipinski definition) is 2. The minimum Gasteiger partial charge on any atom is -0.352 e. The van der Waals surface area contributed by atoms with Crippen LogP contribution in [0.2, 0.25) is 0 Å². The molecule has 0 saturated carbocycles. The SMILES string of the molecule is C=CCNC(=O)C(Cc1ccccn1)c1ccc(F)cc1. The second kappa shape index (κ2) is 7.33. The van der Waals surface area contributed by atoms with Crippen molar-refractivity contribution in [3.63, 3.8) is 0 Å². The molecule has 4 heteroatoms. The quantitative estimate of drug-likeness (QED) is 0.829. The van der Waals surface area contributed by atoms with Crippen molar-refractivity contribution >= 4 is 5.91 Å². The fourth-order valence-corrected chi connectivity index (χ4v) is 2.08. The maximum atomic E-state index is 13.1. The molecule has 1 unspecified atom stereocenters. The van der Waals surface area contributed by atoms with Gasteiger partial charge in [0.05, 0.1) is 5.92 Å². The highest BCUT2D eigenvalue weighted by atomic mass is 19.1. The molecule has 21 heavy (non-hydrogen) atoms. The molecule has 1 heterocycles. The molecule has 1 aromatic carbocycles. The Hall–Kier alpha value is -2.49.